The number of aromatic nitrogens is 6. The van der Waals surface area contributed by atoms with Crippen molar-refractivity contribution in [1.29, 1.82) is 0 Å². The Bertz CT molecular complexity index is 3190. The molecule has 10 aromatic rings. The van der Waals surface area contributed by atoms with Crippen molar-refractivity contribution >= 4 is 55.7 Å². The van der Waals surface area contributed by atoms with E-state index in [9.17, 15) is 0 Å². The molecule has 1 aliphatic heterocycles. The summed E-state index contributed by atoms with van der Waals surface area (Å²) in [5, 5.41) is 0. The summed E-state index contributed by atoms with van der Waals surface area (Å²) in [6, 6.07) is 41.8. The summed E-state index contributed by atoms with van der Waals surface area (Å²) in [5.74, 6) is 1.59. The highest BCUT2D eigenvalue weighted by Crippen LogP contribution is 2.49. The number of benzene rings is 6. The molecule has 7 nitrogen and oxygen atoms in total. The lowest BCUT2D eigenvalue weighted by atomic mass is 9.75. The summed E-state index contributed by atoms with van der Waals surface area (Å²) in [6.45, 7) is -6.04. The van der Waals surface area contributed by atoms with Gasteiger partial charge in [0.2, 0.25) is 11.6 Å². The Morgan fingerprint density at radius 1 is 0.500 bits per heavy atom. The van der Waals surface area contributed by atoms with E-state index in [1.807, 2.05) is 112 Å². The van der Waals surface area contributed by atoms with Crippen molar-refractivity contribution in [2.75, 3.05) is 0 Å². The summed E-state index contributed by atoms with van der Waals surface area (Å²) in [6.07, 6.45) is 0. The average molecular weight is 627 g/mol. The largest absolute Gasteiger partial charge is 0.457 e. The molecule has 0 unspecified atom stereocenters. The van der Waals surface area contributed by atoms with Crippen LogP contribution in [0.15, 0.2) is 133 Å². The van der Waals surface area contributed by atoms with Crippen molar-refractivity contribution in [2.24, 2.45) is 0 Å². The molecular formula is C41H28N6O. The Balaban J connectivity index is 1.16. The van der Waals surface area contributed by atoms with Crippen molar-refractivity contribution in [3.05, 3.63) is 145 Å². The Hall–Kier alpha value is -6.34. The molecule has 0 atom stereocenters. The second kappa shape index (κ2) is 8.92. The number of fused-ring (bicyclic) bond motifs is 12. The predicted octanol–water partition coefficient (Wildman–Crippen LogP) is 9.61. The second-order valence-corrected chi connectivity index (χ2v) is 12.3. The number of para-hydroxylation sites is 8. The molecule has 0 N–H and O–H groups in total. The summed E-state index contributed by atoms with van der Waals surface area (Å²) < 4.78 is 68.8. The fraction of sp³-hybridized carbons (Fsp3) is 0.0732. The number of rotatable bonds is 2. The van der Waals surface area contributed by atoms with Gasteiger partial charge in [0.15, 0.2) is 0 Å². The van der Waals surface area contributed by atoms with Crippen LogP contribution < -0.4 is 4.74 Å². The maximum absolute atomic E-state index is 9.02. The third-order valence-corrected chi connectivity index (χ3v) is 9.69. The quantitative estimate of drug-likeness (QED) is 0.192. The molecule has 0 aliphatic carbocycles. The first-order valence-corrected chi connectivity index (χ1v) is 15.8. The van der Waals surface area contributed by atoms with Gasteiger partial charge in [-0.25, -0.2) is 9.97 Å². The van der Waals surface area contributed by atoms with Crippen LogP contribution in [-0.4, -0.2) is 27.9 Å². The van der Waals surface area contributed by atoms with Crippen molar-refractivity contribution in [1.82, 2.24) is 27.9 Å². The predicted molar refractivity (Wildman–Crippen MR) is 191 cm³/mol. The van der Waals surface area contributed by atoms with E-state index in [1.54, 1.807) is 30.3 Å². The van der Waals surface area contributed by atoms with Crippen molar-refractivity contribution in [3.63, 3.8) is 0 Å². The van der Waals surface area contributed by atoms with E-state index in [4.69, 9.17) is 22.9 Å². The van der Waals surface area contributed by atoms with E-state index in [1.165, 1.54) is 0 Å². The number of nitrogens with zero attached hydrogens (tertiary/aromatic N) is 6. The van der Waals surface area contributed by atoms with Gasteiger partial charge >= 0.3 is 0 Å². The molecule has 0 spiro atoms. The molecule has 0 fully saturated rings. The van der Waals surface area contributed by atoms with Gasteiger partial charge in [0, 0.05) is 36.5 Å². The molecule has 0 amide bonds. The van der Waals surface area contributed by atoms with Crippen molar-refractivity contribution in [2.45, 2.75) is 19.1 Å². The minimum atomic E-state index is -3.02. The van der Waals surface area contributed by atoms with Gasteiger partial charge in [-0.15, -0.1) is 0 Å². The first-order chi connectivity index (χ1) is 26.1. The minimum Gasteiger partial charge on any atom is -0.457 e. The molecule has 48 heavy (non-hydrogen) atoms. The Morgan fingerprint density at radius 2 is 1.00 bits per heavy atom. The number of hydrogen-bond acceptors (Lipinski definition) is 3. The average Bonchev–Trinajstić information content (AvgIpc) is 3.88. The van der Waals surface area contributed by atoms with Crippen LogP contribution in [0.2, 0.25) is 0 Å². The fourth-order valence-electron chi connectivity index (χ4n) is 7.56. The molecule has 7 heteroatoms. The standard InChI is InChI=1S/C41H28N6O/c1-41(2)27-21-19-26(45-34-16-8-10-18-36(34)47-32-14-6-4-12-30(32)43-40(45)47)24-38(27)48-37-22-20-25(23-28(37)41)44-33-15-7-9-17-35(33)46-31-13-5-3-11-29(31)42-39(44)46/h3-24H,1-2H3/i1D3,2D3. The van der Waals surface area contributed by atoms with Crippen LogP contribution in [0.1, 0.15) is 33.1 Å². The molecule has 0 saturated carbocycles. The monoisotopic (exact) mass is 626 g/mol. The molecule has 11 rings (SSSR count). The van der Waals surface area contributed by atoms with E-state index >= 15 is 0 Å². The zero-order chi connectivity index (χ0) is 36.7. The lowest BCUT2D eigenvalue weighted by molar-refractivity contribution is 0.418. The molecule has 1 aliphatic rings. The van der Waals surface area contributed by atoms with E-state index in [0.29, 0.717) is 22.9 Å². The lowest BCUT2D eigenvalue weighted by Crippen LogP contribution is -2.24. The normalized spacial score (nSPS) is 16.3. The fourth-order valence-corrected chi connectivity index (χ4v) is 7.56. The van der Waals surface area contributed by atoms with Gasteiger partial charge in [-0.3, -0.25) is 17.9 Å². The van der Waals surface area contributed by atoms with Gasteiger partial charge in [0.05, 0.1) is 49.8 Å². The van der Waals surface area contributed by atoms with Crippen LogP contribution in [0.25, 0.3) is 67.1 Å². The Kier molecular flexibility index (Phi) is 3.85. The highest BCUT2D eigenvalue weighted by atomic mass is 16.5. The maximum atomic E-state index is 9.02. The zero-order valence-electron chi connectivity index (χ0n) is 31.3. The van der Waals surface area contributed by atoms with Crippen molar-refractivity contribution < 1.29 is 13.0 Å². The van der Waals surface area contributed by atoms with Crippen LogP contribution >= 0.6 is 0 Å². The molecular weight excluding hydrogens is 592 g/mol. The number of ether oxygens (including phenoxy) is 1. The first kappa shape index (κ1) is 20.7. The Morgan fingerprint density at radius 3 is 1.58 bits per heavy atom. The van der Waals surface area contributed by atoms with Gasteiger partial charge in [0.25, 0.3) is 0 Å². The molecule has 0 saturated heterocycles. The van der Waals surface area contributed by atoms with Gasteiger partial charge in [-0.05, 0) is 72.8 Å². The van der Waals surface area contributed by atoms with Crippen LogP contribution in [0.5, 0.6) is 11.5 Å². The summed E-state index contributed by atoms with van der Waals surface area (Å²) in [5.41, 5.74) is 5.93. The third kappa shape index (κ3) is 3.22. The van der Waals surface area contributed by atoms with E-state index in [0.717, 1.165) is 44.1 Å². The SMILES string of the molecule is [2H]C([2H])([2H])C1(C([2H])([2H])[2H])c2ccc(-n3c4ccccc4n4c5ccccc5nc34)cc2Oc2ccc(-n3c4ccccc4n4c5ccccc5nc34)cc21. The maximum Gasteiger partial charge on any atom is 0.220 e. The molecule has 0 bridgehead atoms. The highest BCUT2D eigenvalue weighted by molar-refractivity contribution is 5.93. The highest BCUT2D eigenvalue weighted by Gasteiger charge is 2.35. The lowest BCUT2D eigenvalue weighted by Gasteiger charge is -2.35. The van der Waals surface area contributed by atoms with E-state index in [-0.39, 0.29) is 22.6 Å². The van der Waals surface area contributed by atoms with E-state index in [2.05, 4.69) is 8.80 Å². The first-order valence-electron chi connectivity index (χ1n) is 18.8. The second-order valence-electron chi connectivity index (χ2n) is 12.3. The van der Waals surface area contributed by atoms with Crippen molar-refractivity contribution in [3.8, 4) is 22.9 Å². The van der Waals surface area contributed by atoms with E-state index < -0.39 is 19.1 Å². The summed E-state index contributed by atoms with van der Waals surface area (Å²) in [7, 11) is 0. The molecule has 228 valence electrons. The van der Waals surface area contributed by atoms with Gasteiger partial charge in [-0.2, -0.15) is 0 Å². The van der Waals surface area contributed by atoms with Crippen LogP contribution in [-0.2, 0) is 5.41 Å². The molecule has 4 aromatic heterocycles. The number of imidazole rings is 4. The van der Waals surface area contributed by atoms with Crippen LogP contribution in [0, 0.1) is 0 Å². The number of hydrogen-bond donors (Lipinski definition) is 0. The molecule has 5 heterocycles. The van der Waals surface area contributed by atoms with Gasteiger partial charge < -0.3 is 4.74 Å². The summed E-state index contributed by atoms with van der Waals surface area (Å²) >= 11 is 0. The van der Waals surface area contributed by atoms with Crippen LogP contribution in [0.3, 0.4) is 0 Å². The summed E-state index contributed by atoms with van der Waals surface area (Å²) in [4.78, 5) is 9.94. The third-order valence-electron chi connectivity index (χ3n) is 9.69. The van der Waals surface area contributed by atoms with Gasteiger partial charge in [-0.1, -0.05) is 68.3 Å². The van der Waals surface area contributed by atoms with Gasteiger partial charge in [0.1, 0.15) is 11.5 Å². The molecule has 6 aromatic carbocycles. The molecule has 0 radical (unpaired) electrons. The Labute approximate surface area is 282 Å². The smallest absolute Gasteiger partial charge is 0.220 e. The van der Waals surface area contributed by atoms with Crippen LogP contribution in [0.4, 0.5) is 0 Å². The zero-order valence-corrected chi connectivity index (χ0v) is 25.3. The topological polar surface area (TPSA) is 53.7 Å². The minimum absolute atomic E-state index is 0.0561.